The standard InChI is InChI=1S/C11H12N2O2/c1-15-11(14)6-10(13)9-5-3-2-4-8(9)7-12/h2-5,10H,6,13H2,1H3/t10-/m0/s1. The topological polar surface area (TPSA) is 76.1 Å². The lowest BCUT2D eigenvalue weighted by Crippen LogP contribution is -2.17. The lowest BCUT2D eigenvalue weighted by Gasteiger charge is -2.11. The molecule has 0 aliphatic rings. The van der Waals surface area contributed by atoms with E-state index in [9.17, 15) is 4.79 Å². The van der Waals surface area contributed by atoms with Crippen LogP contribution in [0.5, 0.6) is 0 Å². The summed E-state index contributed by atoms with van der Waals surface area (Å²) in [5, 5.41) is 8.84. The second-order valence-corrected chi connectivity index (χ2v) is 3.09. The Labute approximate surface area is 88.3 Å². The van der Waals surface area contributed by atoms with E-state index in [-0.39, 0.29) is 12.4 Å². The summed E-state index contributed by atoms with van der Waals surface area (Å²) in [6.07, 6.45) is 0.0786. The minimum atomic E-state index is -0.492. The van der Waals surface area contributed by atoms with Crippen molar-refractivity contribution in [1.29, 1.82) is 5.26 Å². The Kier molecular flexibility index (Phi) is 3.83. The molecule has 1 aromatic rings. The number of carbonyl (C=O) groups excluding carboxylic acids is 1. The summed E-state index contributed by atoms with van der Waals surface area (Å²) in [6, 6.07) is 8.50. The van der Waals surface area contributed by atoms with Gasteiger partial charge in [-0.15, -0.1) is 0 Å². The highest BCUT2D eigenvalue weighted by atomic mass is 16.5. The van der Waals surface area contributed by atoms with E-state index in [1.807, 2.05) is 6.07 Å². The quantitative estimate of drug-likeness (QED) is 0.748. The molecule has 0 aromatic heterocycles. The second-order valence-electron chi connectivity index (χ2n) is 3.09. The summed E-state index contributed by atoms with van der Waals surface area (Å²) in [4.78, 5) is 11.0. The molecule has 0 saturated carbocycles. The molecule has 0 radical (unpaired) electrons. The maximum Gasteiger partial charge on any atom is 0.307 e. The Hall–Kier alpha value is -1.86. The van der Waals surface area contributed by atoms with Gasteiger partial charge < -0.3 is 10.5 Å². The predicted molar refractivity (Wildman–Crippen MR) is 54.7 cm³/mol. The fraction of sp³-hybridized carbons (Fsp3) is 0.273. The van der Waals surface area contributed by atoms with Gasteiger partial charge in [0, 0.05) is 6.04 Å². The van der Waals surface area contributed by atoms with Crippen LogP contribution in [0.3, 0.4) is 0 Å². The highest BCUT2D eigenvalue weighted by Gasteiger charge is 2.14. The van der Waals surface area contributed by atoms with Crippen LogP contribution in [-0.2, 0) is 9.53 Å². The SMILES string of the molecule is COC(=O)C[C@H](N)c1ccccc1C#N. The van der Waals surface area contributed by atoms with Crippen molar-refractivity contribution in [1.82, 2.24) is 0 Å². The van der Waals surface area contributed by atoms with E-state index >= 15 is 0 Å². The molecule has 0 unspecified atom stereocenters. The Morgan fingerprint density at radius 3 is 2.87 bits per heavy atom. The zero-order valence-electron chi connectivity index (χ0n) is 8.43. The van der Waals surface area contributed by atoms with Crippen molar-refractivity contribution < 1.29 is 9.53 Å². The molecule has 0 saturated heterocycles. The first kappa shape index (κ1) is 11.2. The van der Waals surface area contributed by atoms with Crippen LogP contribution in [0.2, 0.25) is 0 Å². The number of rotatable bonds is 3. The van der Waals surface area contributed by atoms with E-state index in [1.165, 1.54) is 7.11 Å². The van der Waals surface area contributed by atoms with Crippen LogP contribution >= 0.6 is 0 Å². The van der Waals surface area contributed by atoms with Gasteiger partial charge in [0.05, 0.1) is 25.2 Å². The van der Waals surface area contributed by atoms with Crippen LogP contribution in [0.1, 0.15) is 23.6 Å². The maximum atomic E-state index is 11.0. The number of nitrogens with zero attached hydrogens (tertiary/aromatic N) is 1. The average molecular weight is 204 g/mol. The highest BCUT2D eigenvalue weighted by Crippen LogP contribution is 2.18. The van der Waals surface area contributed by atoms with Crippen molar-refractivity contribution in [2.24, 2.45) is 5.73 Å². The van der Waals surface area contributed by atoms with Crippen molar-refractivity contribution in [3.63, 3.8) is 0 Å². The number of nitriles is 1. The van der Waals surface area contributed by atoms with E-state index in [4.69, 9.17) is 11.0 Å². The van der Waals surface area contributed by atoms with Gasteiger partial charge in [-0.3, -0.25) is 4.79 Å². The van der Waals surface area contributed by atoms with Crippen molar-refractivity contribution in [3.05, 3.63) is 35.4 Å². The minimum absolute atomic E-state index is 0.0786. The van der Waals surface area contributed by atoms with E-state index in [1.54, 1.807) is 24.3 Å². The van der Waals surface area contributed by atoms with Gasteiger partial charge in [0.1, 0.15) is 0 Å². The van der Waals surface area contributed by atoms with Crippen molar-refractivity contribution >= 4 is 5.97 Å². The van der Waals surface area contributed by atoms with Gasteiger partial charge >= 0.3 is 5.97 Å². The molecule has 4 nitrogen and oxygen atoms in total. The minimum Gasteiger partial charge on any atom is -0.469 e. The Balaban J connectivity index is 2.87. The number of carbonyl (C=O) groups is 1. The molecule has 1 aromatic carbocycles. The van der Waals surface area contributed by atoms with Gasteiger partial charge in [-0.05, 0) is 11.6 Å². The van der Waals surface area contributed by atoms with E-state index in [0.717, 1.165) is 0 Å². The Bertz CT molecular complexity index is 396. The van der Waals surface area contributed by atoms with Crippen molar-refractivity contribution in [3.8, 4) is 6.07 Å². The van der Waals surface area contributed by atoms with Gasteiger partial charge in [-0.25, -0.2) is 0 Å². The molecule has 1 atom stereocenters. The first-order valence-corrected chi connectivity index (χ1v) is 4.50. The smallest absolute Gasteiger partial charge is 0.307 e. The van der Waals surface area contributed by atoms with Gasteiger partial charge in [0.15, 0.2) is 0 Å². The normalized spacial score (nSPS) is 11.5. The van der Waals surface area contributed by atoms with Crippen molar-refractivity contribution in [2.75, 3.05) is 7.11 Å². The van der Waals surface area contributed by atoms with E-state index in [2.05, 4.69) is 4.74 Å². The van der Waals surface area contributed by atoms with Crippen LogP contribution in [-0.4, -0.2) is 13.1 Å². The van der Waals surface area contributed by atoms with E-state index < -0.39 is 6.04 Å². The molecule has 0 amide bonds. The molecule has 0 aliphatic carbocycles. The van der Waals surface area contributed by atoms with Gasteiger partial charge in [0.2, 0.25) is 0 Å². The largest absolute Gasteiger partial charge is 0.469 e. The molecular weight excluding hydrogens is 192 g/mol. The molecular formula is C11H12N2O2. The monoisotopic (exact) mass is 204 g/mol. The van der Waals surface area contributed by atoms with Crippen LogP contribution in [0.15, 0.2) is 24.3 Å². The Morgan fingerprint density at radius 1 is 1.60 bits per heavy atom. The molecule has 0 bridgehead atoms. The maximum absolute atomic E-state index is 11.0. The van der Waals surface area contributed by atoms with Gasteiger partial charge in [-0.1, -0.05) is 18.2 Å². The Morgan fingerprint density at radius 2 is 2.27 bits per heavy atom. The number of benzene rings is 1. The summed E-state index contributed by atoms with van der Waals surface area (Å²) in [7, 11) is 1.31. The number of hydrogen-bond acceptors (Lipinski definition) is 4. The van der Waals surface area contributed by atoms with E-state index in [0.29, 0.717) is 11.1 Å². The number of methoxy groups -OCH3 is 1. The first-order valence-electron chi connectivity index (χ1n) is 4.50. The van der Waals surface area contributed by atoms with Crippen LogP contribution in [0.25, 0.3) is 0 Å². The molecule has 15 heavy (non-hydrogen) atoms. The summed E-state index contributed by atoms with van der Waals surface area (Å²) in [5.74, 6) is -0.379. The second kappa shape index (κ2) is 5.13. The third-order valence-corrected chi connectivity index (χ3v) is 2.09. The molecule has 78 valence electrons. The third-order valence-electron chi connectivity index (χ3n) is 2.09. The summed E-state index contributed by atoms with van der Waals surface area (Å²) in [5.41, 5.74) is 6.96. The summed E-state index contributed by atoms with van der Waals surface area (Å²) < 4.78 is 4.51. The van der Waals surface area contributed by atoms with Crippen LogP contribution in [0, 0.1) is 11.3 Å². The first-order chi connectivity index (χ1) is 7.19. The summed E-state index contributed by atoms with van der Waals surface area (Å²) in [6.45, 7) is 0. The number of nitrogens with two attached hydrogens (primary N) is 1. The molecule has 0 fully saturated rings. The van der Waals surface area contributed by atoms with Gasteiger partial charge in [-0.2, -0.15) is 5.26 Å². The predicted octanol–water partition coefficient (Wildman–Crippen LogP) is 1.12. The fourth-order valence-electron chi connectivity index (χ4n) is 1.30. The highest BCUT2D eigenvalue weighted by molar-refractivity contribution is 5.70. The van der Waals surface area contributed by atoms with Gasteiger partial charge in [0.25, 0.3) is 0 Å². The molecule has 1 rings (SSSR count). The average Bonchev–Trinajstić information content (AvgIpc) is 2.28. The molecule has 2 N–H and O–H groups in total. The lowest BCUT2D eigenvalue weighted by atomic mass is 9.99. The molecule has 0 spiro atoms. The number of hydrogen-bond donors (Lipinski definition) is 1. The molecule has 0 heterocycles. The van der Waals surface area contributed by atoms with Crippen LogP contribution < -0.4 is 5.73 Å². The fourth-order valence-corrected chi connectivity index (χ4v) is 1.30. The lowest BCUT2D eigenvalue weighted by molar-refractivity contribution is -0.141. The molecule has 4 heteroatoms. The number of esters is 1. The number of ether oxygens (including phenoxy) is 1. The zero-order chi connectivity index (χ0) is 11.3. The molecule has 0 aliphatic heterocycles. The zero-order valence-corrected chi connectivity index (χ0v) is 8.43. The summed E-state index contributed by atoms with van der Waals surface area (Å²) >= 11 is 0. The van der Waals surface area contributed by atoms with Crippen molar-refractivity contribution in [2.45, 2.75) is 12.5 Å². The third kappa shape index (κ3) is 2.79. The van der Waals surface area contributed by atoms with Crippen LogP contribution in [0.4, 0.5) is 0 Å².